The number of Topliss-reactive ketones (excluding diaryl/α,β-unsaturated/α-hetero) is 1. The van der Waals surface area contributed by atoms with Crippen LogP contribution < -0.4 is 0 Å². The van der Waals surface area contributed by atoms with E-state index in [1.807, 2.05) is 50.3 Å². The van der Waals surface area contributed by atoms with Crippen molar-refractivity contribution < 1.29 is 18.7 Å². The molecule has 4 rings (SSSR count). The van der Waals surface area contributed by atoms with Gasteiger partial charge in [0.2, 0.25) is 0 Å². The number of fused-ring (bicyclic) bond motifs is 1. The zero-order valence-corrected chi connectivity index (χ0v) is 20.1. The fourth-order valence-electron chi connectivity index (χ4n) is 3.92. The number of pyridine rings is 1. The number of hydrogen-bond acceptors (Lipinski definition) is 4. The summed E-state index contributed by atoms with van der Waals surface area (Å²) in [5, 5.41) is 1.02. The summed E-state index contributed by atoms with van der Waals surface area (Å²) in [5.74, 6) is -0.462. The van der Waals surface area contributed by atoms with E-state index >= 15 is 0 Å². The minimum Gasteiger partial charge on any atom is -0.466 e. The van der Waals surface area contributed by atoms with Crippen LogP contribution in [0.2, 0.25) is 0 Å². The van der Waals surface area contributed by atoms with Crippen LogP contribution in [0.3, 0.4) is 0 Å². The van der Waals surface area contributed by atoms with Gasteiger partial charge in [-0.3, -0.25) is 14.6 Å². The minimum atomic E-state index is -0.477. The number of benzene rings is 2. The van der Waals surface area contributed by atoms with Gasteiger partial charge in [0.05, 0.1) is 17.8 Å². The van der Waals surface area contributed by atoms with Gasteiger partial charge in [0, 0.05) is 28.9 Å². The first-order chi connectivity index (χ1) is 16.6. The smallest absolute Gasteiger partial charge is 0.313 e. The average Bonchev–Trinajstić information content (AvgIpc) is 3.69. The quantitative estimate of drug-likeness (QED) is 0.249. The lowest BCUT2D eigenvalue weighted by Gasteiger charge is -2.15. The second-order valence-corrected chi connectivity index (χ2v) is 8.05. The summed E-state index contributed by atoms with van der Waals surface area (Å²) in [6, 6.07) is 14.6. The van der Waals surface area contributed by atoms with Gasteiger partial charge in [0.25, 0.3) is 0 Å². The third-order valence-electron chi connectivity index (χ3n) is 5.58. The van der Waals surface area contributed by atoms with E-state index in [-0.39, 0.29) is 31.0 Å². The lowest BCUT2D eigenvalue weighted by atomic mass is 9.92. The van der Waals surface area contributed by atoms with Gasteiger partial charge < -0.3 is 4.74 Å². The van der Waals surface area contributed by atoms with E-state index in [1.165, 1.54) is 12.1 Å². The third-order valence-corrected chi connectivity index (χ3v) is 5.58. The Morgan fingerprint density at radius 2 is 1.79 bits per heavy atom. The Bertz CT molecular complexity index is 1160. The molecular weight excluding hydrogens is 429 g/mol. The minimum absolute atomic E-state index is 0.133. The van der Waals surface area contributed by atoms with Crippen molar-refractivity contribution >= 4 is 28.7 Å². The third kappa shape index (κ3) is 6.37. The number of nitrogens with zero attached hydrogens (tertiary/aromatic N) is 1. The molecule has 1 aliphatic rings. The maximum Gasteiger partial charge on any atom is 0.313 e. The standard InChI is InChI=1S/C27H26FNO3.C2H6/c1-2-32-25(31)17-21(30)7-3-4-9-23-26(18-13-15-20(28)16-14-18)22-8-5-6-10-24(22)29-27(23)19-11-12-19;1-2/h4-6,8-10,13-16,19H,2-3,7,11-12,17H2,1H3;1-2H3/b9-4+;. The Kier molecular flexibility index (Phi) is 9.08. The van der Waals surface area contributed by atoms with Gasteiger partial charge in [-0.2, -0.15) is 0 Å². The molecule has 0 aliphatic heterocycles. The number of hydrogen-bond donors (Lipinski definition) is 0. The highest BCUT2D eigenvalue weighted by atomic mass is 19.1. The van der Waals surface area contributed by atoms with E-state index in [4.69, 9.17) is 9.72 Å². The van der Waals surface area contributed by atoms with Gasteiger partial charge in [0.15, 0.2) is 0 Å². The number of carbonyl (C=O) groups is 2. The molecule has 1 fully saturated rings. The molecule has 0 saturated heterocycles. The second kappa shape index (κ2) is 12.2. The topological polar surface area (TPSA) is 56.3 Å². The van der Waals surface area contributed by atoms with E-state index in [1.54, 1.807) is 19.1 Å². The van der Waals surface area contributed by atoms with Crippen molar-refractivity contribution in [3.8, 4) is 11.1 Å². The molecule has 5 heteroatoms. The maximum atomic E-state index is 13.6. The van der Waals surface area contributed by atoms with E-state index in [0.717, 1.165) is 46.1 Å². The van der Waals surface area contributed by atoms with Crippen LogP contribution in [0, 0.1) is 5.82 Å². The van der Waals surface area contributed by atoms with Crippen LogP contribution in [0.15, 0.2) is 54.6 Å². The molecule has 0 radical (unpaired) electrons. The van der Waals surface area contributed by atoms with Crippen molar-refractivity contribution in [1.82, 2.24) is 4.98 Å². The van der Waals surface area contributed by atoms with Crippen molar-refractivity contribution in [1.29, 1.82) is 0 Å². The summed E-state index contributed by atoms with van der Waals surface area (Å²) in [4.78, 5) is 28.5. The molecule has 0 N–H and O–H groups in total. The summed E-state index contributed by atoms with van der Waals surface area (Å²) in [5.41, 5.74) is 4.97. The predicted molar refractivity (Wildman–Crippen MR) is 135 cm³/mol. The van der Waals surface area contributed by atoms with Gasteiger partial charge in [-0.15, -0.1) is 0 Å². The molecule has 1 heterocycles. The second-order valence-electron chi connectivity index (χ2n) is 8.05. The average molecular weight is 462 g/mol. The molecule has 3 aromatic rings. The van der Waals surface area contributed by atoms with E-state index in [0.29, 0.717) is 12.3 Å². The van der Waals surface area contributed by atoms with Crippen LogP contribution >= 0.6 is 0 Å². The van der Waals surface area contributed by atoms with Gasteiger partial charge in [-0.05, 0) is 49.9 Å². The Morgan fingerprint density at radius 1 is 1.09 bits per heavy atom. The highest BCUT2D eigenvalue weighted by Gasteiger charge is 2.29. The van der Waals surface area contributed by atoms with Crippen LogP contribution in [0.1, 0.15) is 70.1 Å². The highest BCUT2D eigenvalue weighted by molar-refractivity contribution is 5.99. The molecule has 34 heavy (non-hydrogen) atoms. The molecule has 1 aromatic heterocycles. The van der Waals surface area contributed by atoms with Gasteiger partial charge in [-0.1, -0.05) is 56.3 Å². The number of carbonyl (C=O) groups excluding carboxylic acids is 2. The number of esters is 1. The van der Waals surface area contributed by atoms with Crippen LogP contribution in [0.25, 0.3) is 28.1 Å². The largest absolute Gasteiger partial charge is 0.466 e. The first kappa shape index (κ1) is 25.3. The van der Waals surface area contributed by atoms with E-state index < -0.39 is 5.97 Å². The molecule has 2 aromatic carbocycles. The molecule has 1 saturated carbocycles. The monoisotopic (exact) mass is 461 g/mol. The Labute approximate surface area is 200 Å². The number of aromatic nitrogens is 1. The molecule has 178 valence electrons. The van der Waals surface area contributed by atoms with E-state index in [2.05, 4.69) is 0 Å². The van der Waals surface area contributed by atoms with Crippen molar-refractivity contribution in [2.24, 2.45) is 0 Å². The number of rotatable bonds is 9. The number of halogens is 1. The summed E-state index contributed by atoms with van der Waals surface area (Å²) >= 11 is 0. The Hall–Kier alpha value is -3.34. The van der Waals surface area contributed by atoms with Crippen LogP contribution in [0.4, 0.5) is 4.39 Å². The summed E-state index contributed by atoms with van der Waals surface area (Å²) in [6.07, 6.45) is 6.82. The molecule has 0 spiro atoms. The van der Waals surface area contributed by atoms with Crippen LogP contribution in [0.5, 0.6) is 0 Å². The van der Waals surface area contributed by atoms with Crippen molar-refractivity contribution in [2.45, 2.75) is 58.8 Å². The number of ether oxygens (including phenoxy) is 1. The van der Waals surface area contributed by atoms with Crippen molar-refractivity contribution in [3.63, 3.8) is 0 Å². The van der Waals surface area contributed by atoms with E-state index in [9.17, 15) is 14.0 Å². The van der Waals surface area contributed by atoms with Crippen LogP contribution in [-0.4, -0.2) is 23.3 Å². The molecule has 0 bridgehead atoms. The Balaban J connectivity index is 0.00000158. The van der Waals surface area contributed by atoms with Gasteiger partial charge >= 0.3 is 5.97 Å². The number of allylic oxidation sites excluding steroid dienone is 1. The molecule has 0 unspecified atom stereocenters. The molecule has 4 nitrogen and oxygen atoms in total. The molecule has 1 aliphatic carbocycles. The summed E-state index contributed by atoms with van der Waals surface area (Å²) in [7, 11) is 0. The zero-order chi connectivity index (χ0) is 24.5. The van der Waals surface area contributed by atoms with Crippen LogP contribution in [-0.2, 0) is 14.3 Å². The zero-order valence-electron chi connectivity index (χ0n) is 20.1. The lowest BCUT2D eigenvalue weighted by molar-refractivity contribution is -0.145. The van der Waals surface area contributed by atoms with Gasteiger partial charge in [0.1, 0.15) is 18.0 Å². The lowest BCUT2D eigenvalue weighted by Crippen LogP contribution is -2.10. The number of ketones is 1. The molecule has 0 amide bonds. The van der Waals surface area contributed by atoms with Crippen molar-refractivity contribution in [3.05, 3.63) is 71.7 Å². The number of para-hydroxylation sites is 1. The first-order valence-electron chi connectivity index (χ1n) is 12.1. The highest BCUT2D eigenvalue weighted by Crippen LogP contribution is 2.45. The predicted octanol–water partition coefficient (Wildman–Crippen LogP) is 7.26. The molecular formula is C29H32FNO3. The van der Waals surface area contributed by atoms with Crippen molar-refractivity contribution in [2.75, 3.05) is 6.61 Å². The fourth-order valence-corrected chi connectivity index (χ4v) is 3.92. The summed E-state index contributed by atoms with van der Waals surface area (Å²) < 4.78 is 18.4. The summed E-state index contributed by atoms with van der Waals surface area (Å²) in [6.45, 7) is 6.00. The molecule has 0 atom stereocenters. The Morgan fingerprint density at radius 3 is 2.47 bits per heavy atom. The van der Waals surface area contributed by atoms with Gasteiger partial charge in [-0.25, -0.2) is 4.39 Å². The fraction of sp³-hybridized carbons (Fsp3) is 0.345. The maximum absolute atomic E-state index is 13.6. The normalized spacial score (nSPS) is 12.9. The first-order valence-corrected chi connectivity index (χ1v) is 12.1. The SMILES string of the molecule is CC.CCOC(=O)CC(=O)CC/C=C/c1c(C2CC2)nc2ccccc2c1-c1ccc(F)cc1.